The Bertz CT molecular complexity index is 893. The van der Waals surface area contributed by atoms with Crippen molar-refractivity contribution in [2.24, 2.45) is 0 Å². The second-order valence-electron chi connectivity index (χ2n) is 8.26. The predicted molar refractivity (Wildman–Crippen MR) is 109 cm³/mol. The van der Waals surface area contributed by atoms with Crippen LogP contribution in [0, 0.1) is 13.8 Å². The smallest absolute Gasteiger partial charge is 0.247 e. The van der Waals surface area contributed by atoms with Gasteiger partial charge in [0.05, 0.1) is 12.8 Å². The Morgan fingerprint density at radius 2 is 1.82 bits per heavy atom. The number of piperazine rings is 1. The summed E-state index contributed by atoms with van der Waals surface area (Å²) in [6.45, 7) is 5.25. The molecule has 1 N–H and O–H groups in total. The summed E-state index contributed by atoms with van der Waals surface area (Å²) in [6.07, 6.45) is 5.03. The molecule has 1 saturated heterocycles. The molecule has 1 unspecified atom stereocenters. The van der Waals surface area contributed by atoms with Gasteiger partial charge in [0.15, 0.2) is 0 Å². The third-order valence-electron chi connectivity index (χ3n) is 5.94. The second kappa shape index (κ2) is 7.48. The van der Waals surface area contributed by atoms with Crippen molar-refractivity contribution in [3.63, 3.8) is 0 Å². The SMILES string of the molecule is Cc1ccc(N2C(=O)CN(S(C)(=O)=O)CC2(C)C(=O)NC2CCCC2)cc1C. The van der Waals surface area contributed by atoms with Gasteiger partial charge in [-0.1, -0.05) is 18.9 Å². The molecule has 1 aromatic rings. The molecule has 28 heavy (non-hydrogen) atoms. The molecule has 3 rings (SSSR count). The quantitative estimate of drug-likeness (QED) is 0.824. The van der Waals surface area contributed by atoms with E-state index >= 15 is 0 Å². The molecule has 1 aliphatic heterocycles. The third kappa shape index (κ3) is 3.93. The predicted octanol–water partition coefficient (Wildman–Crippen LogP) is 1.73. The summed E-state index contributed by atoms with van der Waals surface area (Å²) >= 11 is 0. The number of nitrogens with zero attached hydrogens (tertiary/aromatic N) is 2. The Balaban J connectivity index is 2.02. The maximum Gasteiger partial charge on any atom is 0.247 e. The highest BCUT2D eigenvalue weighted by Gasteiger charge is 2.50. The van der Waals surface area contributed by atoms with Gasteiger partial charge in [0.1, 0.15) is 5.54 Å². The van der Waals surface area contributed by atoms with E-state index in [0.717, 1.165) is 47.4 Å². The van der Waals surface area contributed by atoms with Crippen LogP contribution in [0.2, 0.25) is 0 Å². The fraction of sp³-hybridized carbons (Fsp3) is 0.600. The lowest BCUT2D eigenvalue weighted by Gasteiger charge is -2.47. The van der Waals surface area contributed by atoms with Gasteiger partial charge in [0, 0.05) is 18.3 Å². The summed E-state index contributed by atoms with van der Waals surface area (Å²) in [5.41, 5.74) is 1.39. The largest absolute Gasteiger partial charge is 0.351 e. The molecule has 0 spiro atoms. The van der Waals surface area contributed by atoms with Gasteiger partial charge in [-0.05, 0) is 56.9 Å². The number of nitrogens with one attached hydrogen (secondary N) is 1. The van der Waals surface area contributed by atoms with Gasteiger partial charge in [0.2, 0.25) is 21.8 Å². The number of hydrogen-bond donors (Lipinski definition) is 1. The topological polar surface area (TPSA) is 86.8 Å². The lowest BCUT2D eigenvalue weighted by atomic mass is 9.93. The van der Waals surface area contributed by atoms with Crippen LogP contribution >= 0.6 is 0 Å². The zero-order valence-electron chi connectivity index (χ0n) is 17.0. The van der Waals surface area contributed by atoms with Crippen LogP contribution in [0.25, 0.3) is 0 Å². The first-order chi connectivity index (χ1) is 13.0. The molecule has 1 aliphatic carbocycles. The Labute approximate surface area is 167 Å². The van der Waals surface area contributed by atoms with Crippen molar-refractivity contribution in [3.8, 4) is 0 Å². The van der Waals surface area contributed by atoms with Crippen LogP contribution in [-0.4, -0.2) is 55.5 Å². The van der Waals surface area contributed by atoms with E-state index in [1.807, 2.05) is 32.0 Å². The number of rotatable bonds is 4. The lowest BCUT2D eigenvalue weighted by molar-refractivity contribution is -0.133. The number of benzene rings is 1. The minimum Gasteiger partial charge on any atom is -0.351 e. The standard InChI is InChI=1S/C20H29N3O4S/c1-14-9-10-17(11-15(14)2)23-18(24)12-22(28(4,26)27)13-20(23,3)19(25)21-16-7-5-6-8-16/h9-11,16H,5-8,12-13H2,1-4H3,(H,21,25). The summed E-state index contributed by atoms with van der Waals surface area (Å²) in [7, 11) is -3.61. The zero-order valence-corrected chi connectivity index (χ0v) is 17.8. The highest BCUT2D eigenvalue weighted by Crippen LogP contribution is 2.32. The number of aryl methyl sites for hydroxylation is 2. The molecule has 2 aliphatic rings. The number of carbonyl (C=O) groups is 2. The van der Waals surface area contributed by atoms with Gasteiger partial charge in [-0.15, -0.1) is 0 Å². The molecule has 0 radical (unpaired) electrons. The molecule has 1 heterocycles. The fourth-order valence-electron chi connectivity index (χ4n) is 4.08. The molecule has 2 fully saturated rings. The molecule has 7 nitrogen and oxygen atoms in total. The molecule has 2 amide bonds. The van der Waals surface area contributed by atoms with E-state index < -0.39 is 21.5 Å². The van der Waals surface area contributed by atoms with Crippen molar-refractivity contribution in [2.75, 3.05) is 24.2 Å². The summed E-state index contributed by atoms with van der Waals surface area (Å²) < 4.78 is 25.4. The van der Waals surface area contributed by atoms with Crippen molar-refractivity contribution in [2.45, 2.75) is 58.0 Å². The fourth-order valence-corrected chi connectivity index (χ4v) is 4.91. The number of carbonyl (C=O) groups excluding carboxylic acids is 2. The highest BCUT2D eigenvalue weighted by atomic mass is 32.2. The summed E-state index contributed by atoms with van der Waals surface area (Å²) in [6, 6.07) is 5.69. The maximum absolute atomic E-state index is 13.3. The molecular weight excluding hydrogens is 378 g/mol. The average molecular weight is 408 g/mol. The second-order valence-corrected chi connectivity index (χ2v) is 10.2. The highest BCUT2D eigenvalue weighted by molar-refractivity contribution is 7.88. The van der Waals surface area contributed by atoms with Crippen molar-refractivity contribution in [3.05, 3.63) is 29.3 Å². The van der Waals surface area contributed by atoms with Gasteiger partial charge < -0.3 is 5.32 Å². The minimum absolute atomic E-state index is 0.0664. The van der Waals surface area contributed by atoms with Crippen LogP contribution in [0.5, 0.6) is 0 Å². The summed E-state index contributed by atoms with van der Waals surface area (Å²) in [5.74, 6) is -0.705. The first kappa shape index (κ1) is 20.8. The Morgan fingerprint density at radius 3 is 2.39 bits per heavy atom. The molecule has 8 heteroatoms. The van der Waals surface area contributed by atoms with E-state index in [-0.39, 0.29) is 25.0 Å². The summed E-state index contributed by atoms with van der Waals surface area (Å²) in [4.78, 5) is 27.8. The number of anilines is 1. The van der Waals surface area contributed by atoms with E-state index in [1.54, 1.807) is 6.92 Å². The summed E-state index contributed by atoms with van der Waals surface area (Å²) in [5, 5.41) is 3.05. The zero-order chi connectivity index (χ0) is 20.7. The van der Waals surface area contributed by atoms with Crippen LogP contribution < -0.4 is 10.2 Å². The average Bonchev–Trinajstić information content (AvgIpc) is 3.09. The van der Waals surface area contributed by atoms with E-state index in [4.69, 9.17) is 0 Å². The molecule has 0 bridgehead atoms. The van der Waals surface area contributed by atoms with Crippen molar-refractivity contribution < 1.29 is 18.0 Å². The van der Waals surface area contributed by atoms with E-state index in [0.29, 0.717) is 5.69 Å². The van der Waals surface area contributed by atoms with Crippen LogP contribution in [0.15, 0.2) is 18.2 Å². The maximum atomic E-state index is 13.3. The lowest BCUT2D eigenvalue weighted by Crippen LogP contribution is -2.70. The Morgan fingerprint density at radius 1 is 1.18 bits per heavy atom. The molecule has 154 valence electrons. The normalized spacial score (nSPS) is 24.6. The molecule has 1 atom stereocenters. The monoisotopic (exact) mass is 407 g/mol. The van der Waals surface area contributed by atoms with Crippen LogP contribution in [0.1, 0.15) is 43.7 Å². The van der Waals surface area contributed by atoms with Crippen molar-refractivity contribution in [1.29, 1.82) is 0 Å². The number of sulfonamides is 1. The molecule has 1 aromatic carbocycles. The van der Waals surface area contributed by atoms with E-state index in [9.17, 15) is 18.0 Å². The van der Waals surface area contributed by atoms with Crippen molar-refractivity contribution in [1.82, 2.24) is 9.62 Å². The molecule has 1 saturated carbocycles. The number of amides is 2. The molecule has 0 aromatic heterocycles. The van der Waals surface area contributed by atoms with E-state index in [2.05, 4.69) is 5.32 Å². The molecular formula is C20H29N3O4S. The first-order valence-electron chi connectivity index (χ1n) is 9.69. The Kier molecular flexibility index (Phi) is 5.55. The van der Waals surface area contributed by atoms with Gasteiger partial charge >= 0.3 is 0 Å². The minimum atomic E-state index is -3.61. The van der Waals surface area contributed by atoms with Gasteiger partial charge in [0.25, 0.3) is 0 Å². The van der Waals surface area contributed by atoms with Gasteiger partial charge in [-0.3, -0.25) is 14.5 Å². The van der Waals surface area contributed by atoms with E-state index in [1.165, 1.54) is 4.90 Å². The van der Waals surface area contributed by atoms with Gasteiger partial charge in [-0.25, -0.2) is 8.42 Å². The Hall–Kier alpha value is -1.93. The number of hydrogen-bond acceptors (Lipinski definition) is 4. The first-order valence-corrected chi connectivity index (χ1v) is 11.5. The third-order valence-corrected chi connectivity index (χ3v) is 7.13. The van der Waals surface area contributed by atoms with Crippen LogP contribution in [0.4, 0.5) is 5.69 Å². The van der Waals surface area contributed by atoms with Gasteiger partial charge in [-0.2, -0.15) is 4.31 Å². The van der Waals surface area contributed by atoms with Crippen LogP contribution in [0.3, 0.4) is 0 Å². The van der Waals surface area contributed by atoms with Crippen molar-refractivity contribution >= 4 is 27.5 Å². The van der Waals surface area contributed by atoms with Crippen LogP contribution in [-0.2, 0) is 19.6 Å².